The van der Waals surface area contributed by atoms with Crippen LogP contribution in [0.25, 0.3) is 0 Å². The molecule has 0 spiro atoms. The first-order valence-electron chi connectivity index (χ1n) is 6.96. The highest BCUT2D eigenvalue weighted by Gasteiger charge is 2.28. The second kappa shape index (κ2) is 7.58. The molecule has 1 atom stereocenters. The molecule has 24 heavy (non-hydrogen) atoms. The topological polar surface area (TPSA) is 105 Å². The molecule has 0 saturated heterocycles. The Kier molecular flexibility index (Phi) is 6.05. The van der Waals surface area contributed by atoms with Gasteiger partial charge in [-0.2, -0.15) is 0 Å². The number of hydrogen-bond donors (Lipinski definition) is 0. The number of rotatable bonds is 5. The third-order valence-corrected chi connectivity index (χ3v) is 2.77. The highest BCUT2D eigenvalue weighted by atomic mass is 16.7. The Morgan fingerprint density at radius 2 is 1.75 bits per heavy atom. The first kappa shape index (κ1) is 19.1. The third-order valence-electron chi connectivity index (χ3n) is 2.77. The number of methoxy groups -OCH3 is 1. The summed E-state index contributed by atoms with van der Waals surface area (Å²) in [5.41, 5.74) is -0.749. The van der Waals surface area contributed by atoms with Crippen LogP contribution in [0, 0.1) is 10.1 Å². The fourth-order valence-electron chi connectivity index (χ4n) is 1.72. The molecule has 0 heterocycles. The van der Waals surface area contributed by atoms with Crippen LogP contribution < -0.4 is 0 Å². The number of benzene rings is 1. The number of esters is 1. The fraction of sp³-hybridized carbons (Fsp3) is 0.375. The van der Waals surface area contributed by atoms with E-state index in [0.717, 1.165) is 7.11 Å². The number of hydrogen-bond acceptors (Lipinski definition) is 7. The maximum absolute atomic E-state index is 11.9. The SMILES string of the molecule is C=C(C(=O)OC)C(OC(=O)OC(C)(C)C)c1ccc([N+](=O)[O-])cc1. The van der Waals surface area contributed by atoms with Crippen molar-refractivity contribution in [3.63, 3.8) is 0 Å². The van der Waals surface area contributed by atoms with Crippen molar-refractivity contribution in [2.24, 2.45) is 0 Å². The first-order chi connectivity index (χ1) is 11.0. The van der Waals surface area contributed by atoms with Gasteiger partial charge in [-0.15, -0.1) is 0 Å². The van der Waals surface area contributed by atoms with Gasteiger partial charge in [0, 0.05) is 12.1 Å². The van der Waals surface area contributed by atoms with Crippen molar-refractivity contribution >= 4 is 17.8 Å². The summed E-state index contributed by atoms with van der Waals surface area (Å²) < 4.78 is 14.8. The average molecular weight is 337 g/mol. The van der Waals surface area contributed by atoms with Crippen LogP contribution >= 0.6 is 0 Å². The number of non-ortho nitro benzene ring substituents is 1. The second-order valence-corrected chi connectivity index (χ2v) is 5.83. The standard InChI is InChI=1S/C16H19NO7/c1-10(14(18)22-5)13(23-15(19)24-16(2,3)4)11-6-8-12(9-7-11)17(20)21/h6-9,13H,1H2,2-5H3. The van der Waals surface area contributed by atoms with Gasteiger partial charge in [-0.05, 0) is 38.5 Å². The number of nitro benzene ring substituents is 1. The number of nitrogens with zero attached hydrogens (tertiary/aromatic N) is 1. The molecule has 8 nitrogen and oxygen atoms in total. The molecule has 0 aliphatic carbocycles. The van der Waals surface area contributed by atoms with Crippen LogP contribution in [0.3, 0.4) is 0 Å². The lowest BCUT2D eigenvalue weighted by atomic mass is 10.0. The Labute approximate surface area is 139 Å². The zero-order valence-corrected chi connectivity index (χ0v) is 13.9. The van der Waals surface area contributed by atoms with Crippen molar-refractivity contribution < 1.29 is 28.7 Å². The van der Waals surface area contributed by atoms with Crippen molar-refractivity contribution in [3.8, 4) is 0 Å². The number of nitro groups is 1. The molecule has 1 rings (SSSR count). The van der Waals surface area contributed by atoms with Gasteiger partial charge in [0.15, 0.2) is 6.10 Å². The van der Waals surface area contributed by atoms with E-state index in [-0.39, 0.29) is 11.3 Å². The highest BCUT2D eigenvalue weighted by molar-refractivity contribution is 5.89. The molecule has 130 valence electrons. The molecule has 1 aromatic rings. The Balaban J connectivity index is 3.09. The fourth-order valence-corrected chi connectivity index (χ4v) is 1.72. The zero-order valence-electron chi connectivity index (χ0n) is 13.9. The van der Waals surface area contributed by atoms with Gasteiger partial charge < -0.3 is 14.2 Å². The van der Waals surface area contributed by atoms with Gasteiger partial charge in [0.05, 0.1) is 17.6 Å². The summed E-state index contributed by atoms with van der Waals surface area (Å²) in [4.78, 5) is 33.7. The van der Waals surface area contributed by atoms with Crippen LogP contribution in [0.5, 0.6) is 0 Å². The van der Waals surface area contributed by atoms with Crippen molar-refractivity contribution in [1.29, 1.82) is 0 Å². The minimum Gasteiger partial charge on any atom is -0.466 e. The van der Waals surface area contributed by atoms with Crippen molar-refractivity contribution in [3.05, 3.63) is 52.1 Å². The van der Waals surface area contributed by atoms with Crippen LogP contribution in [-0.4, -0.2) is 29.8 Å². The minimum absolute atomic E-state index is 0.140. The molecule has 0 bridgehead atoms. The normalized spacial score (nSPS) is 12.0. The van der Waals surface area contributed by atoms with E-state index < -0.39 is 28.8 Å². The second-order valence-electron chi connectivity index (χ2n) is 5.83. The molecule has 1 aromatic carbocycles. The molecule has 0 aliphatic rings. The van der Waals surface area contributed by atoms with E-state index in [0.29, 0.717) is 5.56 Å². The van der Waals surface area contributed by atoms with Crippen molar-refractivity contribution in [2.75, 3.05) is 7.11 Å². The van der Waals surface area contributed by atoms with E-state index >= 15 is 0 Å². The van der Waals surface area contributed by atoms with Crippen LogP contribution in [0.2, 0.25) is 0 Å². The maximum Gasteiger partial charge on any atom is 0.509 e. The summed E-state index contributed by atoms with van der Waals surface area (Å²) in [5, 5.41) is 10.7. The largest absolute Gasteiger partial charge is 0.509 e. The van der Waals surface area contributed by atoms with Gasteiger partial charge in [-0.25, -0.2) is 9.59 Å². The van der Waals surface area contributed by atoms with E-state index in [1.165, 1.54) is 24.3 Å². The summed E-state index contributed by atoms with van der Waals surface area (Å²) in [6, 6.07) is 5.18. The monoisotopic (exact) mass is 337 g/mol. The van der Waals surface area contributed by atoms with Gasteiger partial charge in [-0.3, -0.25) is 10.1 Å². The van der Waals surface area contributed by atoms with Gasteiger partial charge in [0.2, 0.25) is 0 Å². The average Bonchev–Trinajstić information content (AvgIpc) is 2.49. The van der Waals surface area contributed by atoms with Gasteiger partial charge in [0.25, 0.3) is 5.69 Å². The van der Waals surface area contributed by atoms with Gasteiger partial charge in [-0.1, -0.05) is 6.58 Å². The Hall–Kier alpha value is -2.90. The maximum atomic E-state index is 11.9. The summed E-state index contributed by atoms with van der Waals surface area (Å²) >= 11 is 0. The number of carbonyl (C=O) groups excluding carboxylic acids is 2. The van der Waals surface area contributed by atoms with E-state index in [4.69, 9.17) is 9.47 Å². The Morgan fingerprint density at radius 1 is 1.21 bits per heavy atom. The van der Waals surface area contributed by atoms with E-state index in [1.54, 1.807) is 20.8 Å². The molecular formula is C16H19NO7. The van der Waals surface area contributed by atoms with E-state index in [9.17, 15) is 19.7 Å². The van der Waals surface area contributed by atoms with Crippen LogP contribution in [0.1, 0.15) is 32.4 Å². The smallest absolute Gasteiger partial charge is 0.466 e. The van der Waals surface area contributed by atoms with Gasteiger partial charge in [0.1, 0.15) is 5.60 Å². The minimum atomic E-state index is -1.19. The summed E-state index contributed by atoms with van der Waals surface area (Å²) in [6.07, 6.45) is -2.19. The number of ether oxygens (including phenoxy) is 3. The molecule has 0 amide bonds. The Morgan fingerprint density at radius 3 is 2.17 bits per heavy atom. The van der Waals surface area contributed by atoms with Crippen LogP contribution in [0.4, 0.5) is 10.5 Å². The summed E-state index contributed by atoms with van der Waals surface area (Å²) in [5.74, 6) is -0.776. The van der Waals surface area contributed by atoms with Crippen molar-refractivity contribution in [2.45, 2.75) is 32.5 Å². The number of carbonyl (C=O) groups is 2. The first-order valence-corrected chi connectivity index (χ1v) is 6.96. The predicted molar refractivity (Wildman–Crippen MR) is 84.3 cm³/mol. The Bertz CT molecular complexity index is 643. The van der Waals surface area contributed by atoms with Crippen molar-refractivity contribution in [1.82, 2.24) is 0 Å². The molecule has 0 fully saturated rings. The molecule has 0 N–H and O–H groups in total. The lowest BCUT2D eigenvalue weighted by Gasteiger charge is -2.23. The third kappa shape index (κ3) is 5.38. The molecule has 8 heteroatoms. The summed E-state index contributed by atoms with van der Waals surface area (Å²) in [6.45, 7) is 8.54. The molecule has 0 aliphatic heterocycles. The van der Waals surface area contributed by atoms with E-state index in [1.807, 2.05) is 0 Å². The van der Waals surface area contributed by atoms with Gasteiger partial charge >= 0.3 is 12.1 Å². The molecule has 0 radical (unpaired) electrons. The lowest BCUT2D eigenvalue weighted by molar-refractivity contribution is -0.384. The predicted octanol–water partition coefficient (Wildman–Crippen LogP) is 3.32. The molecule has 1 unspecified atom stereocenters. The lowest BCUT2D eigenvalue weighted by Crippen LogP contribution is -2.27. The molecule has 0 aromatic heterocycles. The molecular weight excluding hydrogens is 318 g/mol. The quantitative estimate of drug-likeness (QED) is 0.351. The van der Waals surface area contributed by atoms with E-state index in [2.05, 4.69) is 11.3 Å². The van der Waals surface area contributed by atoms with Crippen LogP contribution in [0.15, 0.2) is 36.4 Å². The highest BCUT2D eigenvalue weighted by Crippen LogP contribution is 2.28. The summed E-state index contributed by atoms with van der Waals surface area (Å²) in [7, 11) is 1.16. The zero-order chi connectivity index (χ0) is 18.5. The molecule has 0 saturated carbocycles. The van der Waals surface area contributed by atoms with Crippen LogP contribution in [-0.2, 0) is 19.0 Å².